The van der Waals surface area contributed by atoms with Crippen molar-refractivity contribution >= 4 is 34.1 Å². The van der Waals surface area contributed by atoms with Crippen LogP contribution in [-0.2, 0) is 4.79 Å². The quantitative estimate of drug-likeness (QED) is 0.550. The van der Waals surface area contributed by atoms with Crippen LogP contribution in [-0.4, -0.2) is 11.6 Å². The summed E-state index contributed by atoms with van der Waals surface area (Å²) >= 11 is 0. The van der Waals surface area contributed by atoms with E-state index in [9.17, 15) is 9.59 Å². The number of nitrogens with two attached hydrogens (primary N) is 1. The Balaban J connectivity index is 2.35. The van der Waals surface area contributed by atoms with Crippen LogP contribution in [0.4, 0.5) is 5.69 Å². The molecule has 3 rings (SSSR count). The van der Waals surface area contributed by atoms with E-state index in [1.807, 2.05) is 18.2 Å². The van der Waals surface area contributed by atoms with Gasteiger partial charge in [-0.15, -0.1) is 0 Å². The molecule has 17 heavy (non-hydrogen) atoms. The molecular formula is C14H9NO2. The van der Waals surface area contributed by atoms with Crippen molar-refractivity contribution in [3.05, 3.63) is 47.5 Å². The molecule has 0 aliphatic heterocycles. The molecule has 3 heteroatoms. The highest BCUT2D eigenvalue weighted by atomic mass is 16.2. The number of hydrogen-bond acceptors (Lipinski definition) is 3. The van der Waals surface area contributed by atoms with Crippen molar-refractivity contribution < 1.29 is 9.59 Å². The summed E-state index contributed by atoms with van der Waals surface area (Å²) in [4.78, 5) is 23.0. The Kier molecular flexibility index (Phi) is 1.89. The Bertz CT molecular complexity index is 699. The Labute approximate surface area is 97.5 Å². The van der Waals surface area contributed by atoms with Gasteiger partial charge in [0.25, 0.3) is 0 Å². The molecule has 0 radical (unpaired) electrons. The van der Waals surface area contributed by atoms with Crippen molar-refractivity contribution in [3.8, 4) is 0 Å². The fourth-order valence-corrected chi connectivity index (χ4v) is 2.04. The third kappa shape index (κ3) is 1.44. The average Bonchev–Trinajstić information content (AvgIpc) is 2.32. The molecule has 1 aliphatic carbocycles. The second-order valence-electron chi connectivity index (χ2n) is 4.07. The van der Waals surface area contributed by atoms with Gasteiger partial charge in [-0.3, -0.25) is 9.59 Å². The fourth-order valence-electron chi connectivity index (χ4n) is 2.04. The van der Waals surface area contributed by atoms with E-state index in [-0.39, 0.29) is 0 Å². The number of Topliss-reactive ketones (excluding diaryl/α,β-unsaturated/α-hetero) is 1. The zero-order chi connectivity index (χ0) is 12.0. The molecule has 82 valence electrons. The number of fused-ring (bicyclic) bond motifs is 2. The molecule has 1 aliphatic rings. The summed E-state index contributed by atoms with van der Waals surface area (Å²) in [5.74, 6) is -0.924. The maximum Gasteiger partial charge on any atom is 0.233 e. The van der Waals surface area contributed by atoms with E-state index >= 15 is 0 Å². The van der Waals surface area contributed by atoms with Gasteiger partial charge >= 0.3 is 0 Å². The number of allylic oxidation sites excluding steroid dienone is 1. The van der Waals surface area contributed by atoms with Crippen LogP contribution in [0.5, 0.6) is 0 Å². The first-order valence-corrected chi connectivity index (χ1v) is 5.25. The third-order valence-electron chi connectivity index (χ3n) is 2.92. The van der Waals surface area contributed by atoms with Crippen molar-refractivity contribution in [1.82, 2.24) is 0 Å². The average molecular weight is 223 g/mol. The van der Waals surface area contributed by atoms with Crippen LogP contribution in [0.3, 0.4) is 0 Å². The summed E-state index contributed by atoms with van der Waals surface area (Å²) in [7, 11) is 0. The van der Waals surface area contributed by atoms with E-state index in [1.165, 1.54) is 6.08 Å². The zero-order valence-corrected chi connectivity index (χ0v) is 8.94. The number of ketones is 2. The molecule has 2 aromatic carbocycles. The Morgan fingerprint density at radius 3 is 2.53 bits per heavy atom. The van der Waals surface area contributed by atoms with Crippen molar-refractivity contribution in [2.24, 2.45) is 0 Å². The van der Waals surface area contributed by atoms with Crippen LogP contribution in [0.2, 0.25) is 0 Å². The number of anilines is 1. The summed E-state index contributed by atoms with van der Waals surface area (Å²) in [5.41, 5.74) is 7.58. The SMILES string of the molecule is Nc1ccc2cc3c(cc2c1)C(=O)C(=O)C=C3. The van der Waals surface area contributed by atoms with E-state index in [0.717, 1.165) is 16.3 Å². The standard InChI is InChI=1S/C14H9NO2/c15-11-3-1-8-5-9-2-4-13(16)14(17)12(9)7-10(8)6-11/h1-7H,15H2. The van der Waals surface area contributed by atoms with E-state index in [1.54, 1.807) is 18.2 Å². The number of benzene rings is 2. The smallest absolute Gasteiger partial charge is 0.233 e. The minimum atomic E-state index is -0.472. The largest absolute Gasteiger partial charge is 0.399 e. The van der Waals surface area contributed by atoms with Gasteiger partial charge in [0.05, 0.1) is 0 Å². The van der Waals surface area contributed by atoms with Gasteiger partial charge in [0.15, 0.2) is 0 Å². The predicted molar refractivity (Wildman–Crippen MR) is 66.7 cm³/mol. The predicted octanol–water partition coefficient (Wildman–Crippen LogP) is 2.20. The molecule has 2 N–H and O–H groups in total. The van der Waals surface area contributed by atoms with Gasteiger partial charge in [-0.1, -0.05) is 12.1 Å². The van der Waals surface area contributed by atoms with Crippen LogP contribution in [0.15, 0.2) is 36.4 Å². The molecule has 0 amide bonds. The molecule has 2 aromatic rings. The second kappa shape index (κ2) is 3.28. The molecule has 0 fully saturated rings. The summed E-state index contributed by atoms with van der Waals surface area (Å²) in [6, 6.07) is 9.13. The van der Waals surface area contributed by atoms with Crippen LogP contribution < -0.4 is 5.73 Å². The second-order valence-corrected chi connectivity index (χ2v) is 4.07. The van der Waals surface area contributed by atoms with E-state index in [0.29, 0.717) is 11.3 Å². The Hall–Kier alpha value is -2.42. The number of hydrogen-bond donors (Lipinski definition) is 1. The zero-order valence-electron chi connectivity index (χ0n) is 8.94. The topological polar surface area (TPSA) is 60.2 Å². The fraction of sp³-hybridized carbons (Fsp3) is 0. The highest BCUT2D eigenvalue weighted by Gasteiger charge is 2.21. The van der Waals surface area contributed by atoms with Crippen molar-refractivity contribution in [3.63, 3.8) is 0 Å². The van der Waals surface area contributed by atoms with Crippen LogP contribution in [0.1, 0.15) is 15.9 Å². The van der Waals surface area contributed by atoms with Crippen LogP contribution in [0, 0.1) is 0 Å². The van der Waals surface area contributed by atoms with E-state index < -0.39 is 11.6 Å². The molecule has 0 unspecified atom stereocenters. The number of nitrogen functional groups attached to an aromatic ring is 1. The van der Waals surface area contributed by atoms with Crippen molar-refractivity contribution in [2.75, 3.05) is 5.73 Å². The van der Waals surface area contributed by atoms with Gasteiger partial charge in [0, 0.05) is 11.3 Å². The molecule has 0 saturated heterocycles. The van der Waals surface area contributed by atoms with Gasteiger partial charge in [-0.05, 0) is 46.7 Å². The molecule has 0 heterocycles. The Morgan fingerprint density at radius 2 is 1.71 bits per heavy atom. The normalized spacial score (nSPS) is 14.1. The van der Waals surface area contributed by atoms with Gasteiger partial charge in [-0.25, -0.2) is 0 Å². The van der Waals surface area contributed by atoms with Gasteiger partial charge in [-0.2, -0.15) is 0 Å². The summed E-state index contributed by atoms with van der Waals surface area (Å²) < 4.78 is 0. The lowest BCUT2D eigenvalue weighted by Crippen LogP contribution is -2.16. The highest BCUT2D eigenvalue weighted by molar-refractivity contribution is 6.50. The molecule has 0 bridgehead atoms. The first-order valence-electron chi connectivity index (χ1n) is 5.25. The van der Waals surface area contributed by atoms with Gasteiger partial charge in [0.2, 0.25) is 11.6 Å². The Morgan fingerprint density at radius 1 is 0.882 bits per heavy atom. The molecule has 0 saturated carbocycles. The highest BCUT2D eigenvalue weighted by Crippen LogP contribution is 2.25. The lowest BCUT2D eigenvalue weighted by Gasteiger charge is -2.10. The van der Waals surface area contributed by atoms with Crippen molar-refractivity contribution in [1.29, 1.82) is 0 Å². The maximum atomic E-state index is 11.7. The third-order valence-corrected chi connectivity index (χ3v) is 2.92. The lowest BCUT2D eigenvalue weighted by molar-refractivity contribution is -0.110. The van der Waals surface area contributed by atoms with E-state index in [4.69, 9.17) is 5.73 Å². The molecular weight excluding hydrogens is 214 g/mol. The van der Waals surface area contributed by atoms with Crippen LogP contribution >= 0.6 is 0 Å². The van der Waals surface area contributed by atoms with E-state index in [2.05, 4.69) is 0 Å². The number of carbonyl (C=O) groups is 2. The minimum absolute atomic E-state index is 0.452. The maximum absolute atomic E-state index is 11.7. The molecule has 0 spiro atoms. The number of rotatable bonds is 0. The number of carbonyl (C=O) groups excluding carboxylic acids is 2. The first kappa shape index (κ1) is 9.78. The summed E-state index contributed by atoms with van der Waals surface area (Å²) in [5, 5.41) is 1.88. The minimum Gasteiger partial charge on any atom is -0.399 e. The van der Waals surface area contributed by atoms with Crippen LogP contribution in [0.25, 0.3) is 16.8 Å². The van der Waals surface area contributed by atoms with Crippen molar-refractivity contribution in [2.45, 2.75) is 0 Å². The van der Waals surface area contributed by atoms with Gasteiger partial charge in [0.1, 0.15) is 0 Å². The lowest BCUT2D eigenvalue weighted by atomic mass is 9.92. The summed E-state index contributed by atoms with van der Waals surface area (Å²) in [6.45, 7) is 0. The molecule has 0 aromatic heterocycles. The first-order chi connectivity index (χ1) is 8.15. The molecule has 3 nitrogen and oxygen atoms in total. The van der Waals surface area contributed by atoms with Gasteiger partial charge < -0.3 is 5.73 Å². The monoisotopic (exact) mass is 223 g/mol. The molecule has 0 atom stereocenters. The summed E-state index contributed by atoms with van der Waals surface area (Å²) in [6.07, 6.45) is 2.99.